The number of carbonyl (C=O) groups excluding carboxylic acids is 2. The highest BCUT2D eigenvalue weighted by atomic mass is 19.4. The maximum atomic E-state index is 13.1. The number of esters is 1. The van der Waals surface area contributed by atoms with Crippen LogP contribution in [-0.2, 0) is 15.7 Å². The second kappa shape index (κ2) is 7.91. The molecule has 0 saturated carbocycles. The van der Waals surface area contributed by atoms with E-state index >= 15 is 0 Å². The van der Waals surface area contributed by atoms with Crippen molar-refractivity contribution in [3.05, 3.63) is 47.7 Å². The van der Waals surface area contributed by atoms with Crippen molar-refractivity contribution in [2.75, 3.05) is 7.11 Å². The Kier molecular flexibility index (Phi) is 5.88. The number of ether oxygens (including phenoxy) is 1. The highest BCUT2D eigenvalue weighted by molar-refractivity contribution is 5.97. The Labute approximate surface area is 148 Å². The van der Waals surface area contributed by atoms with Gasteiger partial charge in [0.15, 0.2) is 5.78 Å². The number of nitrogens with one attached hydrogen (secondary N) is 1. The summed E-state index contributed by atoms with van der Waals surface area (Å²) in [5.41, 5.74) is -0.608. The van der Waals surface area contributed by atoms with Crippen LogP contribution in [0.25, 0.3) is 11.3 Å². The lowest BCUT2D eigenvalue weighted by atomic mass is 9.98. The first-order valence-corrected chi connectivity index (χ1v) is 7.68. The second-order valence-electron chi connectivity index (χ2n) is 5.58. The average molecular weight is 363 g/mol. The minimum absolute atomic E-state index is 0.0306. The molecule has 1 heterocycles. The Balaban J connectivity index is 2.27. The molecule has 1 aromatic carbocycles. The quantitative estimate of drug-likeness (QED) is 0.478. The molecule has 4 nitrogen and oxygen atoms in total. The molecule has 0 radical (unpaired) electrons. The van der Waals surface area contributed by atoms with Crippen molar-refractivity contribution in [3.8, 4) is 23.6 Å². The molecule has 1 aromatic heterocycles. The SMILES string of the molecule is C#CC[C@H](CC(=O)c1ccc(-c2ccccc2C(F)(F)F)[nH]1)C(=O)OC. The topological polar surface area (TPSA) is 59.2 Å². The predicted octanol–water partition coefficient (Wildman–Crippen LogP) is 4.09. The van der Waals surface area contributed by atoms with Gasteiger partial charge in [-0.05, 0) is 18.2 Å². The first-order chi connectivity index (χ1) is 12.3. The highest BCUT2D eigenvalue weighted by Crippen LogP contribution is 2.36. The van der Waals surface area contributed by atoms with Crippen LogP contribution in [0.2, 0.25) is 0 Å². The maximum Gasteiger partial charge on any atom is 0.417 e. The van der Waals surface area contributed by atoms with Crippen molar-refractivity contribution in [1.82, 2.24) is 4.98 Å². The van der Waals surface area contributed by atoms with E-state index in [1.807, 2.05) is 0 Å². The van der Waals surface area contributed by atoms with Gasteiger partial charge in [0.05, 0.1) is 24.3 Å². The zero-order chi connectivity index (χ0) is 19.3. The minimum atomic E-state index is -4.52. The number of rotatable bonds is 6. The van der Waals surface area contributed by atoms with Gasteiger partial charge in [0.2, 0.25) is 0 Å². The molecular weight excluding hydrogens is 347 g/mol. The number of ketones is 1. The largest absolute Gasteiger partial charge is 0.469 e. The Morgan fingerprint density at radius 2 is 1.92 bits per heavy atom. The molecule has 0 spiro atoms. The van der Waals surface area contributed by atoms with E-state index in [-0.39, 0.29) is 29.8 Å². The van der Waals surface area contributed by atoms with Crippen molar-refractivity contribution >= 4 is 11.8 Å². The Bertz CT molecular complexity index is 846. The number of carbonyl (C=O) groups is 2. The summed E-state index contributed by atoms with van der Waals surface area (Å²) in [6.45, 7) is 0. The number of aromatic amines is 1. The first-order valence-electron chi connectivity index (χ1n) is 7.68. The number of halogens is 3. The third-order valence-electron chi connectivity index (χ3n) is 3.84. The zero-order valence-electron chi connectivity index (χ0n) is 13.9. The summed E-state index contributed by atoms with van der Waals surface area (Å²) in [5, 5.41) is 0. The smallest absolute Gasteiger partial charge is 0.417 e. The number of aromatic nitrogens is 1. The lowest BCUT2D eigenvalue weighted by Crippen LogP contribution is -2.19. The number of Topliss-reactive ketones (excluding diaryl/α,β-unsaturated/α-hetero) is 1. The van der Waals surface area contributed by atoms with Gasteiger partial charge >= 0.3 is 12.1 Å². The van der Waals surface area contributed by atoms with E-state index in [1.54, 1.807) is 0 Å². The molecule has 136 valence electrons. The second-order valence-corrected chi connectivity index (χ2v) is 5.58. The molecule has 0 fully saturated rings. The normalized spacial score (nSPS) is 12.3. The van der Waals surface area contributed by atoms with Crippen LogP contribution in [0.3, 0.4) is 0 Å². The van der Waals surface area contributed by atoms with E-state index in [0.717, 1.165) is 6.07 Å². The Morgan fingerprint density at radius 3 is 2.54 bits per heavy atom. The van der Waals surface area contributed by atoms with Crippen molar-refractivity contribution in [3.63, 3.8) is 0 Å². The van der Waals surface area contributed by atoms with Crippen molar-refractivity contribution in [2.45, 2.75) is 19.0 Å². The maximum absolute atomic E-state index is 13.1. The lowest BCUT2D eigenvalue weighted by Gasteiger charge is -2.12. The van der Waals surface area contributed by atoms with Crippen molar-refractivity contribution in [2.24, 2.45) is 5.92 Å². The van der Waals surface area contributed by atoms with Gasteiger partial charge in [-0.3, -0.25) is 9.59 Å². The number of H-pyrrole nitrogens is 1. The van der Waals surface area contributed by atoms with Gasteiger partial charge in [0.25, 0.3) is 0 Å². The fourth-order valence-electron chi connectivity index (χ4n) is 2.56. The molecular formula is C19H16F3NO3. The molecule has 0 amide bonds. The fourth-order valence-corrected chi connectivity index (χ4v) is 2.56. The predicted molar refractivity (Wildman–Crippen MR) is 89.1 cm³/mol. The van der Waals surface area contributed by atoms with Gasteiger partial charge in [-0.15, -0.1) is 12.3 Å². The molecule has 2 rings (SSSR count). The first kappa shape index (κ1) is 19.3. The molecule has 0 unspecified atom stereocenters. The summed E-state index contributed by atoms with van der Waals surface area (Å²) >= 11 is 0. The number of hydrogen-bond acceptors (Lipinski definition) is 3. The van der Waals surface area contributed by atoms with Gasteiger partial charge in [-0.2, -0.15) is 13.2 Å². The molecule has 0 saturated heterocycles. The fraction of sp³-hybridized carbons (Fsp3) is 0.263. The lowest BCUT2D eigenvalue weighted by molar-refractivity contribution is -0.145. The summed E-state index contributed by atoms with van der Waals surface area (Å²) in [5.74, 6) is 0.463. The number of alkyl halides is 3. The summed E-state index contributed by atoms with van der Waals surface area (Å²) in [4.78, 5) is 26.7. The van der Waals surface area contributed by atoms with Crippen LogP contribution in [0.4, 0.5) is 13.2 Å². The van der Waals surface area contributed by atoms with E-state index < -0.39 is 29.4 Å². The molecule has 26 heavy (non-hydrogen) atoms. The standard InChI is InChI=1S/C19H16F3NO3/c1-3-6-12(18(25)26-2)11-17(24)16-10-9-15(23-16)13-7-4-5-8-14(13)19(20,21)22/h1,4-5,7-10,12,23H,6,11H2,2H3/t12-/m1/s1. The van der Waals surface area contributed by atoms with Crippen LogP contribution < -0.4 is 0 Å². The van der Waals surface area contributed by atoms with Crippen LogP contribution >= 0.6 is 0 Å². The molecule has 0 aliphatic rings. The van der Waals surface area contributed by atoms with E-state index in [4.69, 9.17) is 6.42 Å². The molecule has 1 atom stereocenters. The number of benzene rings is 1. The Morgan fingerprint density at radius 1 is 1.23 bits per heavy atom. The van der Waals surface area contributed by atoms with E-state index in [0.29, 0.717) is 0 Å². The van der Waals surface area contributed by atoms with Crippen LogP contribution in [0.15, 0.2) is 36.4 Å². The van der Waals surface area contributed by atoms with Crippen LogP contribution in [-0.4, -0.2) is 23.8 Å². The molecule has 0 aliphatic carbocycles. The van der Waals surface area contributed by atoms with Gasteiger partial charge in [0.1, 0.15) is 0 Å². The van der Waals surface area contributed by atoms with E-state index in [1.165, 1.54) is 37.4 Å². The molecule has 7 heteroatoms. The summed E-state index contributed by atoms with van der Waals surface area (Å²) in [6, 6.07) is 7.84. The van der Waals surface area contributed by atoms with Crippen LogP contribution in [0.1, 0.15) is 28.9 Å². The number of methoxy groups -OCH3 is 1. The number of hydrogen-bond donors (Lipinski definition) is 1. The van der Waals surface area contributed by atoms with E-state index in [2.05, 4.69) is 15.6 Å². The summed E-state index contributed by atoms with van der Waals surface area (Å²) < 4.78 is 44.0. The Hall–Kier alpha value is -3.01. The monoisotopic (exact) mass is 363 g/mol. The van der Waals surface area contributed by atoms with Gasteiger partial charge in [-0.25, -0.2) is 0 Å². The third kappa shape index (κ3) is 4.33. The van der Waals surface area contributed by atoms with Crippen molar-refractivity contribution < 1.29 is 27.5 Å². The van der Waals surface area contributed by atoms with Crippen LogP contribution in [0, 0.1) is 18.3 Å². The molecule has 0 bridgehead atoms. The summed E-state index contributed by atoms with van der Waals surface area (Å²) in [7, 11) is 1.19. The molecule has 0 aliphatic heterocycles. The average Bonchev–Trinajstić information content (AvgIpc) is 3.10. The third-order valence-corrected chi connectivity index (χ3v) is 3.84. The van der Waals surface area contributed by atoms with Gasteiger partial charge in [0, 0.05) is 24.1 Å². The zero-order valence-corrected chi connectivity index (χ0v) is 13.9. The molecule has 1 N–H and O–H groups in total. The van der Waals surface area contributed by atoms with Gasteiger partial charge in [-0.1, -0.05) is 18.2 Å². The minimum Gasteiger partial charge on any atom is -0.469 e. The highest BCUT2D eigenvalue weighted by Gasteiger charge is 2.33. The van der Waals surface area contributed by atoms with Crippen LogP contribution in [0.5, 0.6) is 0 Å². The van der Waals surface area contributed by atoms with Gasteiger partial charge < -0.3 is 9.72 Å². The summed E-state index contributed by atoms with van der Waals surface area (Å²) in [6.07, 6.45) is 0.505. The number of terminal acetylenes is 1. The molecule has 2 aromatic rings. The van der Waals surface area contributed by atoms with E-state index in [9.17, 15) is 22.8 Å². The van der Waals surface area contributed by atoms with Crippen molar-refractivity contribution in [1.29, 1.82) is 0 Å².